The molecule has 0 aromatic heterocycles. The molecular weight excluding hydrogens is 170 g/mol. The van der Waals surface area contributed by atoms with Gasteiger partial charge in [-0.25, -0.2) is 4.79 Å². The first-order valence-electron chi connectivity index (χ1n) is 4.50. The fourth-order valence-electron chi connectivity index (χ4n) is 1.28. The van der Waals surface area contributed by atoms with Crippen LogP contribution in [0, 0.1) is 0 Å². The summed E-state index contributed by atoms with van der Waals surface area (Å²) < 4.78 is 5.00. The molecule has 1 atom stereocenters. The normalized spacial score (nSPS) is 21.8. The predicted octanol–water partition coefficient (Wildman–Crippen LogP) is -0.754. The standard InChI is InChI=1S/C8H17N3O2/c1-9-3-4-11(2)6-7-5-10-8(12)13-7/h7,9H,3-6H2,1-2H3,(H,10,12). The molecule has 1 fully saturated rings. The van der Waals surface area contributed by atoms with Gasteiger partial charge in [-0.05, 0) is 14.1 Å². The summed E-state index contributed by atoms with van der Waals surface area (Å²) in [4.78, 5) is 12.8. The summed E-state index contributed by atoms with van der Waals surface area (Å²) in [5, 5.41) is 5.69. The number of ether oxygens (including phenoxy) is 1. The molecule has 0 spiro atoms. The van der Waals surface area contributed by atoms with Crippen molar-refractivity contribution in [1.29, 1.82) is 0 Å². The number of likely N-dealkylation sites (N-methyl/N-ethyl adjacent to an activating group) is 2. The van der Waals surface area contributed by atoms with Crippen LogP contribution in [0.15, 0.2) is 0 Å². The van der Waals surface area contributed by atoms with Gasteiger partial charge in [0.15, 0.2) is 0 Å². The van der Waals surface area contributed by atoms with Gasteiger partial charge in [0.1, 0.15) is 6.10 Å². The minimum Gasteiger partial charge on any atom is -0.443 e. The summed E-state index contributed by atoms with van der Waals surface area (Å²) >= 11 is 0. The van der Waals surface area contributed by atoms with Gasteiger partial charge in [-0.3, -0.25) is 0 Å². The Hall–Kier alpha value is -0.810. The summed E-state index contributed by atoms with van der Waals surface area (Å²) in [7, 11) is 3.94. The lowest BCUT2D eigenvalue weighted by molar-refractivity contribution is 0.117. The van der Waals surface area contributed by atoms with Crippen LogP contribution in [0.3, 0.4) is 0 Å². The van der Waals surface area contributed by atoms with E-state index in [4.69, 9.17) is 4.74 Å². The van der Waals surface area contributed by atoms with Crippen molar-refractivity contribution in [3.63, 3.8) is 0 Å². The number of amides is 1. The van der Waals surface area contributed by atoms with Crippen LogP contribution in [-0.2, 0) is 4.74 Å². The molecule has 0 saturated carbocycles. The highest BCUT2D eigenvalue weighted by molar-refractivity contribution is 5.69. The summed E-state index contributed by atoms with van der Waals surface area (Å²) in [6, 6.07) is 0. The van der Waals surface area contributed by atoms with Gasteiger partial charge >= 0.3 is 6.09 Å². The molecule has 1 heterocycles. The maximum absolute atomic E-state index is 10.7. The summed E-state index contributed by atoms with van der Waals surface area (Å²) in [5.41, 5.74) is 0. The third-order valence-corrected chi connectivity index (χ3v) is 2.01. The minimum absolute atomic E-state index is 0.00866. The van der Waals surface area contributed by atoms with E-state index >= 15 is 0 Å². The van der Waals surface area contributed by atoms with E-state index < -0.39 is 0 Å². The molecule has 0 aliphatic carbocycles. The maximum Gasteiger partial charge on any atom is 0.407 e. The van der Waals surface area contributed by atoms with Gasteiger partial charge in [0.2, 0.25) is 0 Å². The first-order chi connectivity index (χ1) is 6.22. The first-order valence-corrected chi connectivity index (χ1v) is 4.50. The molecule has 1 rings (SSSR count). The van der Waals surface area contributed by atoms with E-state index in [9.17, 15) is 4.79 Å². The third kappa shape index (κ3) is 3.61. The molecule has 0 aromatic rings. The Morgan fingerprint density at radius 1 is 1.77 bits per heavy atom. The van der Waals surface area contributed by atoms with Crippen LogP contribution in [-0.4, -0.2) is 57.4 Å². The molecule has 1 saturated heterocycles. The van der Waals surface area contributed by atoms with E-state index in [2.05, 4.69) is 15.5 Å². The Kier molecular flexibility index (Phi) is 3.98. The highest BCUT2D eigenvalue weighted by Gasteiger charge is 2.23. The SMILES string of the molecule is CNCCN(C)CC1CNC(=O)O1. The van der Waals surface area contributed by atoms with E-state index in [1.807, 2.05) is 14.1 Å². The van der Waals surface area contributed by atoms with Crippen molar-refractivity contribution in [1.82, 2.24) is 15.5 Å². The van der Waals surface area contributed by atoms with Crippen molar-refractivity contribution in [3.8, 4) is 0 Å². The van der Waals surface area contributed by atoms with Crippen molar-refractivity contribution < 1.29 is 9.53 Å². The lowest BCUT2D eigenvalue weighted by atomic mass is 10.3. The second kappa shape index (κ2) is 5.04. The molecule has 5 nitrogen and oxygen atoms in total. The Bertz CT molecular complexity index is 175. The number of rotatable bonds is 5. The van der Waals surface area contributed by atoms with Crippen molar-refractivity contribution in [2.75, 3.05) is 40.3 Å². The molecule has 1 amide bonds. The molecule has 0 bridgehead atoms. The Morgan fingerprint density at radius 3 is 3.08 bits per heavy atom. The van der Waals surface area contributed by atoms with E-state index in [1.54, 1.807) is 0 Å². The number of alkyl carbamates (subject to hydrolysis) is 1. The number of carbonyl (C=O) groups excluding carboxylic acids is 1. The summed E-state index contributed by atoms with van der Waals surface area (Å²) in [6.07, 6.45) is -0.290. The zero-order valence-corrected chi connectivity index (χ0v) is 8.17. The third-order valence-electron chi connectivity index (χ3n) is 2.01. The molecule has 0 aromatic carbocycles. The Balaban J connectivity index is 2.13. The molecule has 2 N–H and O–H groups in total. The first kappa shape index (κ1) is 10.3. The van der Waals surface area contributed by atoms with Gasteiger partial charge in [-0.15, -0.1) is 0 Å². The molecule has 76 valence electrons. The molecule has 0 radical (unpaired) electrons. The second-order valence-corrected chi connectivity index (χ2v) is 3.27. The summed E-state index contributed by atoms with van der Waals surface area (Å²) in [6.45, 7) is 3.33. The Labute approximate surface area is 78.4 Å². The number of carbonyl (C=O) groups is 1. The molecule has 1 aliphatic heterocycles. The van der Waals surface area contributed by atoms with E-state index in [0.29, 0.717) is 6.54 Å². The average Bonchev–Trinajstić information content (AvgIpc) is 2.48. The lowest BCUT2D eigenvalue weighted by Gasteiger charge is -2.18. The van der Waals surface area contributed by atoms with Gasteiger partial charge in [0.25, 0.3) is 0 Å². The van der Waals surface area contributed by atoms with Crippen LogP contribution in [0.2, 0.25) is 0 Å². The fraction of sp³-hybridized carbons (Fsp3) is 0.875. The monoisotopic (exact) mass is 187 g/mol. The van der Waals surface area contributed by atoms with Crippen LogP contribution in [0.25, 0.3) is 0 Å². The highest BCUT2D eigenvalue weighted by Crippen LogP contribution is 2.00. The molecular formula is C8H17N3O2. The predicted molar refractivity (Wildman–Crippen MR) is 49.7 cm³/mol. The van der Waals surface area contributed by atoms with E-state index in [1.165, 1.54) is 0 Å². The molecule has 1 unspecified atom stereocenters. The van der Waals surface area contributed by atoms with Gasteiger partial charge in [-0.1, -0.05) is 0 Å². The van der Waals surface area contributed by atoms with Crippen molar-refractivity contribution in [2.45, 2.75) is 6.10 Å². The topological polar surface area (TPSA) is 53.6 Å². The van der Waals surface area contributed by atoms with Gasteiger partial charge < -0.3 is 20.3 Å². The maximum atomic E-state index is 10.7. The van der Waals surface area contributed by atoms with Gasteiger partial charge in [0.05, 0.1) is 6.54 Å². The molecule has 13 heavy (non-hydrogen) atoms. The van der Waals surface area contributed by atoms with E-state index in [-0.39, 0.29) is 12.2 Å². The number of hydrogen-bond donors (Lipinski definition) is 2. The van der Waals surface area contributed by atoms with Crippen LogP contribution < -0.4 is 10.6 Å². The molecule has 1 aliphatic rings. The zero-order valence-electron chi connectivity index (χ0n) is 8.17. The van der Waals surface area contributed by atoms with Gasteiger partial charge in [0, 0.05) is 19.6 Å². The summed E-state index contributed by atoms with van der Waals surface area (Å²) in [5.74, 6) is 0. The van der Waals surface area contributed by atoms with Crippen molar-refractivity contribution >= 4 is 6.09 Å². The number of hydrogen-bond acceptors (Lipinski definition) is 4. The van der Waals surface area contributed by atoms with Crippen molar-refractivity contribution in [3.05, 3.63) is 0 Å². The van der Waals surface area contributed by atoms with Crippen LogP contribution >= 0.6 is 0 Å². The second-order valence-electron chi connectivity index (χ2n) is 3.27. The fourth-order valence-corrected chi connectivity index (χ4v) is 1.28. The number of cyclic esters (lactones) is 1. The average molecular weight is 187 g/mol. The van der Waals surface area contributed by atoms with Crippen molar-refractivity contribution in [2.24, 2.45) is 0 Å². The quantitative estimate of drug-likeness (QED) is 0.594. The van der Waals surface area contributed by atoms with E-state index in [0.717, 1.165) is 19.6 Å². The van der Waals surface area contributed by atoms with Gasteiger partial charge in [-0.2, -0.15) is 0 Å². The smallest absolute Gasteiger partial charge is 0.407 e. The molecule has 5 heteroatoms. The Morgan fingerprint density at radius 2 is 2.54 bits per heavy atom. The lowest BCUT2D eigenvalue weighted by Crippen LogP contribution is -2.35. The van der Waals surface area contributed by atoms with Crippen LogP contribution in [0.1, 0.15) is 0 Å². The minimum atomic E-state index is -0.299. The van der Waals surface area contributed by atoms with Crippen LogP contribution in [0.4, 0.5) is 4.79 Å². The highest BCUT2D eigenvalue weighted by atomic mass is 16.6. The van der Waals surface area contributed by atoms with Crippen LogP contribution in [0.5, 0.6) is 0 Å². The number of nitrogens with one attached hydrogen (secondary N) is 2. The largest absolute Gasteiger partial charge is 0.443 e. The number of nitrogens with zero attached hydrogens (tertiary/aromatic N) is 1. The zero-order chi connectivity index (χ0) is 9.68.